The van der Waals surface area contributed by atoms with Crippen molar-refractivity contribution in [1.29, 1.82) is 0 Å². The predicted octanol–water partition coefficient (Wildman–Crippen LogP) is 2.97. The molecule has 0 saturated carbocycles. The van der Waals surface area contributed by atoms with Crippen LogP contribution in [-0.2, 0) is 22.7 Å². The lowest BCUT2D eigenvalue weighted by molar-refractivity contribution is 0.184. The summed E-state index contributed by atoms with van der Waals surface area (Å²) in [7, 11) is 4.64. The van der Waals surface area contributed by atoms with Crippen molar-refractivity contribution in [2.24, 2.45) is 0 Å². The second-order valence-electron chi connectivity index (χ2n) is 4.49. The Labute approximate surface area is 125 Å². The SMILES string of the molecule is COCc1cccc(O[B]Oc2cccc(COC)c2)c1. The van der Waals surface area contributed by atoms with Crippen LogP contribution in [0.4, 0.5) is 0 Å². The van der Waals surface area contributed by atoms with Crippen LogP contribution in [0.1, 0.15) is 11.1 Å². The molecule has 0 heterocycles. The average Bonchev–Trinajstić information content (AvgIpc) is 2.49. The lowest BCUT2D eigenvalue weighted by Gasteiger charge is -2.09. The molecule has 0 atom stereocenters. The summed E-state index contributed by atoms with van der Waals surface area (Å²) in [4.78, 5) is 0. The molecule has 2 rings (SSSR count). The smallest absolute Gasteiger partial charge is 0.526 e. The van der Waals surface area contributed by atoms with Crippen LogP contribution in [-0.4, -0.2) is 21.9 Å². The van der Waals surface area contributed by atoms with Gasteiger partial charge in [0, 0.05) is 14.2 Å². The van der Waals surface area contributed by atoms with Gasteiger partial charge < -0.3 is 18.8 Å². The van der Waals surface area contributed by atoms with Crippen LogP contribution in [0.25, 0.3) is 0 Å². The number of methoxy groups -OCH3 is 2. The first-order valence-electron chi connectivity index (χ1n) is 6.62. The van der Waals surface area contributed by atoms with Crippen molar-refractivity contribution in [1.82, 2.24) is 0 Å². The minimum absolute atomic E-state index is 0.553. The first kappa shape index (κ1) is 15.4. The maximum absolute atomic E-state index is 5.46. The Balaban J connectivity index is 1.86. The molecule has 4 nitrogen and oxygen atoms in total. The second-order valence-corrected chi connectivity index (χ2v) is 4.49. The summed E-state index contributed by atoms with van der Waals surface area (Å²) in [5.74, 6) is 1.41. The minimum atomic E-state index is 0.553. The molecule has 5 heteroatoms. The molecule has 0 N–H and O–H groups in total. The van der Waals surface area contributed by atoms with Crippen LogP contribution in [0.3, 0.4) is 0 Å². The molecule has 21 heavy (non-hydrogen) atoms. The highest BCUT2D eigenvalue weighted by Gasteiger charge is 2.03. The Morgan fingerprint density at radius 1 is 0.762 bits per heavy atom. The quantitative estimate of drug-likeness (QED) is 0.699. The van der Waals surface area contributed by atoms with Gasteiger partial charge >= 0.3 is 7.69 Å². The number of hydrogen-bond donors (Lipinski definition) is 0. The highest BCUT2D eigenvalue weighted by atomic mass is 16.6. The van der Waals surface area contributed by atoms with Crippen LogP contribution in [0, 0.1) is 0 Å². The topological polar surface area (TPSA) is 36.9 Å². The monoisotopic (exact) mass is 285 g/mol. The fourth-order valence-electron chi connectivity index (χ4n) is 1.89. The summed E-state index contributed by atoms with van der Waals surface area (Å²) in [5, 5.41) is 0. The number of ether oxygens (including phenoxy) is 2. The normalized spacial score (nSPS) is 10.2. The number of benzene rings is 2. The number of rotatable bonds is 8. The van der Waals surface area contributed by atoms with E-state index in [0.29, 0.717) is 24.7 Å². The average molecular weight is 285 g/mol. The molecule has 0 saturated heterocycles. The van der Waals surface area contributed by atoms with Gasteiger partial charge in [-0.2, -0.15) is 0 Å². The van der Waals surface area contributed by atoms with Crippen molar-refractivity contribution in [3.63, 3.8) is 0 Å². The van der Waals surface area contributed by atoms with Crippen molar-refractivity contribution in [3.05, 3.63) is 59.7 Å². The predicted molar refractivity (Wildman–Crippen MR) is 81.3 cm³/mol. The Hall–Kier alpha value is -1.98. The van der Waals surface area contributed by atoms with Crippen LogP contribution in [0.2, 0.25) is 0 Å². The molecular weight excluding hydrogens is 267 g/mol. The van der Waals surface area contributed by atoms with Gasteiger partial charge in [-0.1, -0.05) is 24.3 Å². The third-order valence-corrected chi connectivity index (χ3v) is 2.79. The summed E-state index contributed by atoms with van der Waals surface area (Å²) in [6.07, 6.45) is 0. The lowest BCUT2D eigenvalue weighted by atomic mass is 10.2. The summed E-state index contributed by atoms with van der Waals surface area (Å²) in [6, 6.07) is 15.3. The Kier molecular flexibility index (Phi) is 6.12. The van der Waals surface area contributed by atoms with E-state index in [0.717, 1.165) is 11.1 Å². The van der Waals surface area contributed by atoms with Gasteiger partial charge in [0.2, 0.25) is 0 Å². The minimum Gasteiger partial charge on any atom is -0.526 e. The van der Waals surface area contributed by atoms with Crippen molar-refractivity contribution in [2.75, 3.05) is 14.2 Å². The van der Waals surface area contributed by atoms with Crippen LogP contribution in [0.5, 0.6) is 11.5 Å². The molecular formula is C16H18BO4. The van der Waals surface area contributed by atoms with Crippen molar-refractivity contribution >= 4 is 7.69 Å². The van der Waals surface area contributed by atoms with Gasteiger partial charge in [-0.25, -0.2) is 0 Å². The van der Waals surface area contributed by atoms with E-state index in [1.54, 1.807) is 14.2 Å². The fourth-order valence-corrected chi connectivity index (χ4v) is 1.89. The first-order chi connectivity index (χ1) is 10.3. The van der Waals surface area contributed by atoms with E-state index in [9.17, 15) is 0 Å². The Bertz CT molecular complexity index is 510. The maximum atomic E-state index is 5.46. The highest BCUT2D eigenvalue weighted by Crippen LogP contribution is 2.16. The molecule has 2 aromatic carbocycles. The number of hydrogen-bond acceptors (Lipinski definition) is 4. The zero-order valence-corrected chi connectivity index (χ0v) is 12.2. The zero-order valence-electron chi connectivity index (χ0n) is 12.2. The van der Waals surface area contributed by atoms with E-state index in [4.69, 9.17) is 18.8 Å². The molecule has 0 amide bonds. The van der Waals surface area contributed by atoms with Crippen molar-refractivity contribution in [2.45, 2.75) is 13.2 Å². The van der Waals surface area contributed by atoms with Crippen LogP contribution in [0.15, 0.2) is 48.5 Å². The van der Waals surface area contributed by atoms with E-state index < -0.39 is 0 Å². The molecule has 0 aromatic heterocycles. The van der Waals surface area contributed by atoms with E-state index in [1.807, 2.05) is 48.5 Å². The molecule has 0 aliphatic carbocycles. The molecule has 0 aliphatic rings. The summed E-state index contributed by atoms with van der Waals surface area (Å²) in [5.41, 5.74) is 2.09. The molecule has 109 valence electrons. The van der Waals surface area contributed by atoms with E-state index in [1.165, 1.54) is 7.69 Å². The lowest BCUT2D eigenvalue weighted by Crippen LogP contribution is -2.11. The Morgan fingerprint density at radius 3 is 1.67 bits per heavy atom. The largest absolute Gasteiger partial charge is 0.658 e. The molecule has 0 aliphatic heterocycles. The molecule has 0 fully saturated rings. The molecule has 0 bridgehead atoms. The third-order valence-electron chi connectivity index (χ3n) is 2.79. The molecule has 1 radical (unpaired) electrons. The zero-order chi connectivity index (χ0) is 14.9. The standard InChI is InChI=1S/C16H18BO4/c1-18-11-13-5-3-7-15(9-13)20-17-21-16-8-4-6-14(10-16)12-19-2/h3-10H,11-12H2,1-2H3. The molecule has 2 aromatic rings. The van der Waals surface area contributed by atoms with Gasteiger partial charge in [-0.05, 0) is 35.4 Å². The van der Waals surface area contributed by atoms with Crippen LogP contribution < -0.4 is 9.31 Å². The maximum Gasteiger partial charge on any atom is 0.658 e. The van der Waals surface area contributed by atoms with Crippen molar-refractivity contribution < 1.29 is 18.8 Å². The third kappa shape index (κ3) is 5.13. The molecule has 0 unspecified atom stereocenters. The van der Waals surface area contributed by atoms with Gasteiger partial charge in [0.05, 0.1) is 13.2 Å². The van der Waals surface area contributed by atoms with E-state index in [2.05, 4.69) is 0 Å². The molecule has 0 spiro atoms. The van der Waals surface area contributed by atoms with Gasteiger partial charge in [0.15, 0.2) is 0 Å². The summed E-state index contributed by atoms with van der Waals surface area (Å²) in [6.45, 7) is 1.11. The highest BCUT2D eigenvalue weighted by molar-refractivity contribution is 6.20. The van der Waals surface area contributed by atoms with Gasteiger partial charge in [-0.3, -0.25) is 0 Å². The van der Waals surface area contributed by atoms with E-state index >= 15 is 0 Å². The van der Waals surface area contributed by atoms with Gasteiger partial charge in [-0.15, -0.1) is 0 Å². The van der Waals surface area contributed by atoms with Crippen LogP contribution >= 0.6 is 0 Å². The first-order valence-corrected chi connectivity index (χ1v) is 6.62. The Morgan fingerprint density at radius 2 is 1.24 bits per heavy atom. The van der Waals surface area contributed by atoms with Gasteiger partial charge in [0.1, 0.15) is 11.5 Å². The second kappa shape index (κ2) is 8.34. The van der Waals surface area contributed by atoms with Gasteiger partial charge in [0.25, 0.3) is 0 Å². The van der Waals surface area contributed by atoms with E-state index in [-0.39, 0.29) is 0 Å². The summed E-state index contributed by atoms with van der Waals surface area (Å²) < 4.78 is 21.1. The van der Waals surface area contributed by atoms with Crippen molar-refractivity contribution in [3.8, 4) is 11.5 Å². The summed E-state index contributed by atoms with van der Waals surface area (Å²) >= 11 is 0. The fraction of sp³-hybridized carbons (Fsp3) is 0.250.